The predicted molar refractivity (Wildman–Crippen MR) is 27.6 cm³/mol. The molecule has 2 N–H and O–H groups in total. The van der Waals surface area contributed by atoms with Gasteiger partial charge in [0.05, 0.1) is 6.54 Å². The van der Waals surface area contributed by atoms with Crippen LogP contribution in [0.1, 0.15) is 0 Å². The zero-order valence-corrected chi connectivity index (χ0v) is 4.50. The van der Waals surface area contributed by atoms with Gasteiger partial charge in [0.1, 0.15) is 6.01 Å². The highest BCUT2D eigenvalue weighted by Crippen LogP contribution is 1.98. The summed E-state index contributed by atoms with van der Waals surface area (Å²) in [5, 5.41) is -0.303. The molecular formula is C3H6FNOS. The Balaban J connectivity index is 3.00. The fourth-order valence-electron chi connectivity index (χ4n) is 0.120. The summed E-state index contributed by atoms with van der Waals surface area (Å²) in [4.78, 5) is 10.0. The van der Waals surface area contributed by atoms with E-state index in [1.807, 2.05) is 0 Å². The van der Waals surface area contributed by atoms with Crippen molar-refractivity contribution < 1.29 is 9.18 Å². The van der Waals surface area contributed by atoms with E-state index in [1.54, 1.807) is 0 Å². The molecule has 0 aromatic carbocycles. The van der Waals surface area contributed by atoms with Crippen LogP contribution in [0.2, 0.25) is 0 Å². The van der Waals surface area contributed by atoms with E-state index in [1.165, 1.54) is 0 Å². The molecule has 42 valence electrons. The van der Waals surface area contributed by atoms with Crippen molar-refractivity contribution in [3.05, 3.63) is 0 Å². The van der Waals surface area contributed by atoms with E-state index in [0.29, 0.717) is 11.8 Å². The van der Waals surface area contributed by atoms with Crippen molar-refractivity contribution in [2.24, 2.45) is 5.73 Å². The first-order valence-corrected chi connectivity index (χ1v) is 2.71. The first-order chi connectivity index (χ1) is 3.31. The molecule has 0 aromatic heterocycles. The Labute approximate surface area is 45.3 Å². The van der Waals surface area contributed by atoms with Crippen molar-refractivity contribution in [2.75, 3.05) is 12.6 Å². The summed E-state index contributed by atoms with van der Waals surface area (Å²) in [5.74, 6) is 0. The van der Waals surface area contributed by atoms with Gasteiger partial charge in [-0.3, -0.25) is 4.79 Å². The fraction of sp³-hybridized carbons (Fsp3) is 0.667. The Bertz CT molecular complexity index is 68.0. The van der Waals surface area contributed by atoms with Crippen molar-refractivity contribution in [3.63, 3.8) is 0 Å². The topological polar surface area (TPSA) is 43.1 Å². The number of halogens is 1. The van der Waals surface area contributed by atoms with Crippen molar-refractivity contribution in [1.29, 1.82) is 0 Å². The van der Waals surface area contributed by atoms with E-state index >= 15 is 0 Å². The van der Waals surface area contributed by atoms with Crippen molar-refractivity contribution in [1.82, 2.24) is 0 Å². The second-order valence-corrected chi connectivity index (χ2v) is 1.79. The zero-order chi connectivity index (χ0) is 5.70. The lowest BCUT2D eigenvalue weighted by atomic mass is 10.8. The number of thioether (sulfide) groups is 1. The Kier molecular flexibility index (Phi) is 4.03. The number of carbonyl (C=O) groups excluding carboxylic acids is 1. The summed E-state index contributed by atoms with van der Waals surface area (Å²) < 4.78 is 11.1. The van der Waals surface area contributed by atoms with Gasteiger partial charge in [0.15, 0.2) is 0 Å². The van der Waals surface area contributed by atoms with E-state index in [9.17, 15) is 9.18 Å². The molecule has 0 atom stereocenters. The van der Waals surface area contributed by atoms with Crippen LogP contribution in [-0.4, -0.2) is 17.7 Å². The second kappa shape index (κ2) is 4.08. The minimum absolute atomic E-state index is 0.0748. The Morgan fingerprint density at radius 3 is 2.57 bits per heavy atom. The molecule has 0 unspecified atom stereocenters. The normalized spacial score (nSPS) is 8.86. The van der Waals surface area contributed by atoms with E-state index in [0.717, 1.165) is 0 Å². The number of alkyl halides is 1. The highest BCUT2D eigenvalue weighted by Gasteiger charge is 1.94. The lowest BCUT2D eigenvalue weighted by Crippen LogP contribution is -2.08. The van der Waals surface area contributed by atoms with E-state index in [-0.39, 0.29) is 11.7 Å². The standard InChI is InChI=1S/C3H6FNOS/c4-2-7-3(6)1-5/h1-2,5H2. The quantitative estimate of drug-likeness (QED) is 0.567. The first-order valence-electron chi connectivity index (χ1n) is 1.73. The molecule has 0 spiro atoms. The maximum atomic E-state index is 11.1. The van der Waals surface area contributed by atoms with Crippen LogP contribution in [0.3, 0.4) is 0 Å². The first kappa shape index (κ1) is 6.91. The molecular weight excluding hydrogens is 117 g/mol. The smallest absolute Gasteiger partial charge is 0.204 e. The molecule has 0 bridgehead atoms. The van der Waals surface area contributed by atoms with Gasteiger partial charge in [0.25, 0.3) is 0 Å². The number of hydrogen-bond donors (Lipinski definition) is 1. The number of nitrogens with two attached hydrogens (primary N) is 1. The Hall–Kier alpha value is -0.0900. The second-order valence-electron chi connectivity index (χ2n) is 0.830. The molecule has 0 heterocycles. The molecule has 0 saturated heterocycles. The van der Waals surface area contributed by atoms with Gasteiger partial charge in [-0.2, -0.15) is 0 Å². The maximum Gasteiger partial charge on any atom is 0.204 e. The van der Waals surface area contributed by atoms with Gasteiger partial charge in [-0.05, 0) is 0 Å². The average Bonchev–Trinajstić information content (AvgIpc) is 1.68. The van der Waals surface area contributed by atoms with Crippen molar-refractivity contribution in [2.45, 2.75) is 0 Å². The molecule has 7 heavy (non-hydrogen) atoms. The van der Waals surface area contributed by atoms with Gasteiger partial charge in [-0.1, -0.05) is 11.8 Å². The van der Waals surface area contributed by atoms with E-state index in [2.05, 4.69) is 0 Å². The summed E-state index contributed by atoms with van der Waals surface area (Å²) in [7, 11) is 0. The molecule has 0 aliphatic carbocycles. The van der Waals surface area contributed by atoms with Gasteiger partial charge in [0, 0.05) is 0 Å². The SMILES string of the molecule is NCC(=O)SCF. The van der Waals surface area contributed by atoms with Gasteiger partial charge >= 0.3 is 0 Å². The van der Waals surface area contributed by atoms with Crippen molar-refractivity contribution >= 4 is 16.9 Å². The van der Waals surface area contributed by atoms with Gasteiger partial charge in [0.2, 0.25) is 5.12 Å². The molecule has 0 fully saturated rings. The van der Waals surface area contributed by atoms with Gasteiger partial charge in [-0.25, -0.2) is 4.39 Å². The third-order valence-electron chi connectivity index (χ3n) is 0.382. The average molecular weight is 123 g/mol. The monoisotopic (exact) mass is 123 g/mol. The Morgan fingerprint density at radius 1 is 1.86 bits per heavy atom. The minimum atomic E-state index is -0.671. The van der Waals surface area contributed by atoms with Crippen LogP contribution >= 0.6 is 11.8 Å². The molecule has 4 heteroatoms. The van der Waals surface area contributed by atoms with Crippen LogP contribution in [0.25, 0.3) is 0 Å². The lowest BCUT2D eigenvalue weighted by Gasteiger charge is -1.85. The minimum Gasteiger partial charge on any atom is -0.323 e. The zero-order valence-electron chi connectivity index (χ0n) is 3.69. The van der Waals surface area contributed by atoms with Crippen LogP contribution in [0.15, 0.2) is 0 Å². The van der Waals surface area contributed by atoms with Crippen LogP contribution < -0.4 is 5.73 Å². The summed E-state index contributed by atoms with van der Waals surface area (Å²) in [5.41, 5.74) is 4.82. The summed E-state index contributed by atoms with van der Waals surface area (Å²) in [6.45, 7) is -0.0748. The molecule has 0 radical (unpaired) electrons. The van der Waals surface area contributed by atoms with E-state index < -0.39 is 6.01 Å². The molecule has 2 nitrogen and oxygen atoms in total. The Morgan fingerprint density at radius 2 is 2.43 bits per heavy atom. The molecule has 0 aliphatic rings. The van der Waals surface area contributed by atoms with Crippen LogP contribution in [0.5, 0.6) is 0 Å². The van der Waals surface area contributed by atoms with Gasteiger partial charge < -0.3 is 5.73 Å². The number of rotatable bonds is 2. The number of hydrogen-bond acceptors (Lipinski definition) is 3. The van der Waals surface area contributed by atoms with Crippen molar-refractivity contribution in [3.8, 4) is 0 Å². The molecule has 0 aliphatic heterocycles. The van der Waals surface area contributed by atoms with E-state index in [4.69, 9.17) is 5.73 Å². The summed E-state index contributed by atoms with van der Waals surface area (Å²) in [6.07, 6.45) is 0. The highest BCUT2D eigenvalue weighted by atomic mass is 32.2. The third kappa shape index (κ3) is 3.75. The third-order valence-corrected chi connectivity index (χ3v) is 0.980. The summed E-state index contributed by atoms with van der Waals surface area (Å²) >= 11 is 0.601. The molecule has 0 rings (SSSR count). The largest absolute Gasteiger partial charge is 0.323 e. The predicted octanol–water partition coefficient (Wildman–Crippen LogP) is 0.132. The highest BCUT2D eigenvalue weighted by molar-refractivity contribution is 8.13. The van der Waals surface area contributed by atoms with Gasteiger partial charge in [-0.15, -0.1) is 0 Å². The van der Waals surface area contributed by atoms with Crippen LogP contribution in [0, 0.1) is 0 Å². The molecule has 0 aromatic rings. The van der Waals surface area contributed by atoms with Crippen LogP contribution in [-0.2, 0) is 4.79 Å². The number of carbonyl (C=O) groups is 1. The van der Waals surface area contributed by atoms with Crippen LogP contribution in [0.4, 0.5) is 4.39 Å². The fourth-order valence-corrected chi connectivity index (χ4v) is 0.359. The molecule has 0 saturated carbocycles. The molecule has 0 amide bonds. The lowest BCUT2D eigenvalue weighted by molar-refractivity contribution is -0.109. The summed E-state index contributed by atoms with van der Waals surface area (Å²) in [6, 6.07) is -0.671. The maximum absolute atomic E-state index is 11.1.